The van der Waals surface area contributed by atoms with Crippen LogP contribution in [0.15, 0.2) is 18.5 Å². The number of nitrogens with one attached hydrogen (secondary N) is 1. The van der Waals surface area contributed by atoms with Gasteiger partial charge in [0, 0.05) is 26.8 Å². The molecule has 2 amide bonds. The lowest BCUT2D eigenvalue weighted by Crippen LogP contribution is -2.34. The highest BCUT2D eigenvalue weighted by molar-refractivity contribution is 5.92. The van der Waals surface area contributed by atoms with Crippen molar-refractivity contribution in [1.82, 2.24) is 30.1 Å². The van der Waals surface area contributed by atoms with Crippen LogP contribution in [0.25, 0.3) is 0 Å². The summed E-state index contributed by atoms with van der Waals surface area (Å²) in [7, 11) is 3.66. The Balaban J connectivity index is 1.73. The number of likely N-dealkylation sites (tertiary alicyclic amines) is 1. The van der Waals surface area contributed by atoms with E-state index >= 15 is 0 Å². The van der Waals surface area contributed by atoms with E-state index in [1.54, 1.807) is 32.9 Å². The first-order valence-corrected chi connectivity index (χ1v) is 7.57. The summed E-state index contributed by atoms with van der Waals surface area (Å²) >= 11 is 0. The average Bonchev–Trinajstić information content (AvgIpc) is 3.16. The van der Waals surface area contributed by atoms with E-state index in [2.05, 4.69) is 25.8 Å². The van der Waals surface area contributed by atoms with Crippen LogP contribution in [-0.2, 0) is 0 Å². The number of aryl methyl sites for hydroxylation is 1. The first-order chi connectivity index (χ1) is 11.5. The maximum absolute atomic E-state index is 12.6. The second-order valence-electron chi connectivity index (χ2n) is 5.97. The zero-order chi connectivity index (χ0) is 17.3. The molecular weight excluding hydrogens is 312 g/mol. The third-order valence-corrected chi connectivity index (χ3v) is 3.89. The van der Waals surface area contributed by atoms with E-state index in [-0.39, 0.29) is 18.6 Å². The zero-order valence-electron chi connectivity index (χ0n) is 13.8. The van der Waals surface area contributed by atoms with Gasteiger partial charge in [0.1, 0.15) is 0 Å². The van der Waals surface area contributed by atoms with Crippen molar-refractivity contribution in [3.63, 3.8) is 0 Å². The van der Waals surface area contributed by atoms with Crippen LogP contribution in [0.2, 0.25) is 0 Å². The monoisotopic (exact) mass is 332 g/mol. The highest BCUT2D eigenvalue weighted by Crippen LogP contribution is 2.25. The molecule has 0 radical (unpaired) electrons. The molecule has 2 N–H and O–H groups in total. The Morgan fingerprint density at radius 3 is 2.83 bits per heavy atom. The first kappa shape index (κ1) is 16.1. The fourth-order valence-corrected chi connectivity index (χ4v) is 2.69. The van der Waals surface area contributed by atoms with Crippen LogP contribution in [-0.4, -0.2) is 74.5 Å². The third kappa shape index (κ3) is 3.13. The second-order valence-corrected chi connectivity index (χ2v) is 5.97. The number of carbonyl (C=O) groups is 1. The lowest BCUT2D eigenvalue weighted by molar-refractivity contribution is 0.139. The molecule has 1 saturated heterocycles. The maximum Gasteiger partial charge on any atom is 0.322 e. The quantitative estimate of drug-likeness (QED) is 0.806. The number of rotatable bonds is 3. The second kappa shape index (κ2) is 6.40. The molecule has 0 spiro atoms. The first-order valence-electron chi connectivity index (χ1n) is 7.57. The molecule has 2 aromatic rings. The summed E-state index contributed by atoms with van der Waals surface area (Å²) < 4.78 is 1.57. The Morgan fingerprint density at radius 2 is 2.17 bits per heavy atom. The number of hydrogen-bond donors (Lipinski definition) is 2. The zero-order valence-corrected chi connectivity index (χ0v) is 13.8. The Hall–Kier alpha value is -2.75. The summed E-state index contributed by atoms with van der Waals surface area (Å²) in [5, 5.41) is 28.8. The third-order valence-electron chi connectivity index (χ3n) is 3.89. The molecule has 128 valence electrons. The van der Waals surface area contributed by atoms with Gasteiger partial charge in [0.15, 0.2) is 5.82 Å². The van der Waals surface area contributed by atoms with E-state index in [9.17, 15) is 9.90 Å². The van der Waals surface area contributed by atoms with Gasteiger partial charge >= 0.3 is 6.03 Å². The number of amides is 2. The molecule has 3 heterocycles. The maximum atomic E-state index is 12.6. The number of nitrogens with zero attached hydrogens (tertiary/aromatic N) is 7. The molecule has 0 saturated carbocycles. The van der Waals surface area contributed by atoms with Crippen LogP contribution >= 0.6 is 0 Å². The minimum Gasteiger partial charge on any atom is -0.389 e. The summed E-state index contributed by atoms with van der Waals surface area (Å²) in [6.45, 7) is 2.39. The lowest BCUT2D eigenvalue weighted by atomic mass is 10.2. The van der Waals surface area contributed by atoms with Crippen LogP contribution < -0.4 is 10.2 Å². The number of aromatic nitrogens is 5. The number of aliphatic hydroxyl groups is 1. The molecule has 10 heteroatoms. The van der Waals surface area contributed by atoms with Gasteiger partial charge in [-0.3, -0.25) is 0 Å². The summed E-state index contributed by atoms with van der Waals surface area (Å²) in [5.41, 5.74) is 1.29. The van der Waals surface area contributed by atoms with Gasteiger partial charge in [0.25, 0.3) is 0 Å². The van der Waals surface area contributed by atoms with Gasteiger partial charge in [-0.1, -0.05) is 5.21 Å². The van der Waals surface area contributed by atoms with Crippen LogP contribution in [0.1, 0.15) is 11.7 Å². The molecule has 0 unspecified atom stereocenters. The Morgan fingerprint density at radius 1 is 1.38 bits per heavy atom. The smallest absolute Gasteiger partial charge is 0.322 e. The predicted molar refractivity (Wildman–Crippen MR) is 86.8 cm³/mol. The fraction of sp³-hybridized carbons (Fsp3) is 0.500. The molecule has 24 heavy (non-hydrogen) atoms. The standard InChI is InChI=1S/C14H20N8O2/c1-9-6-10(13(18-17-9)20(2)3)16-14(24)21-7-11(12(23)8-21)22-5-4-15-19-22/h4-6,11-12,23H,7-8H2,1-3H3,(H,16,17,24)/t11-,12-/m1/s1. The van der Waals surface area contributed by atoms with Crippen molar-refractivity contribution < 1.29 is 9.90 Å². The van der Waals surface area contributed by atoms with Crippen LogP contribution in [0.3, 0.4) is 0 Å². The molecule has 0 bridgehead atoms. The number of hydrogen-bond acceptors (Lipinski definition) is 7. The molecule has 0 aliphatic carbocycles. The summed E-state index contributed by atoms with van der Waals surface area (Å²) in [4.78, 5) is 15.9. The molecule has 2 aromatic heterocycles. The summed E-state index contributed by atoms with van der Waals surface area (Å²) in [6.07, 6.45) is 2.53. The van der Waals surface area contributed by atoms with Crippen LogP contribution in [0.4, 0.5) is 16.3 Å². The Bertz CT molecular complexity index is 718. The fourth-order valence-electron chi connectivity index (χ4n) is 2.69. The van der Waals surface area contributed by atoms with E-state index in [1.807, 2.05) is 21.0 Å². The number of urea groups is 1. The van der Waals surface area contributed by atoms with Gasteiger partial charge in [0.2, 0.25) is 0 Å². The van der Waals surface area contributed by atoms with Gasteiger partial charge in [0.05, 0.1) is 36.3 Å². The van der Waals surface area contributed by atoms with Gasteiger partial charge in [-0.15, -0.1) is 10.2 Å². The predicted octanol–water partition coefficient (Wildman–Crippen LogP) is -0.108. The average molecular weight is 332 g/mol. The molecule has 1 aliphatic heterocycles. The molecule has 3 rings (SSSR count). The van der Waals surface area contributed by atoms with E-state index in [0.29, 0.717) is 23.7 Å². The molecular formula is C14H20N8O2. The molecule has 1 aliphatic rings. The normalized spacial score (nSPS) is 20.2. The van der Waals surface area contributed by atoms with Crippen molar-refractivity contribution in [1.29, 1.82) is 0 Å². The minimum atomic E-state index is -0.692. The van der Waals surface area contributed by atoms with Crippen molar-refractivity contribution in [2.45, 2.75) is 19.1 Å². The lowest BCUT2D eigenvalue weighted by Gasteiger charge is -2.20. The number of β-amino-alcohol motifs (C(OH)–C–C–N with tert-alkyl or cyclic N) is 1. The van der Waals surface area contributed by atoms with Gasteiger partial charge in [-0.2, -0.15) is 5.10 Å². The van der Waals surface area contributed by atoms with Crippen molar-refractivity contribution in [2.75, 3.05) is 37.4 Å². The molecule has 10 nitrogen and oxygen atoms in total. The van der Waals surface area contributed by atoms with Crippen molar-refractivity contribution >= 4 is 17.5 Å². The number of aliphatic hydroxyl groups excluding tert-OH is 1. The number of anilines is 2. The summed E-state index contributed by atoms with van der Waals surface area (Å²) in [6, 6.07) is 1.16. The van der Waals surface area contributed by atoms with E-state index < -0.39 is 6.10 Å². The molecule has 1 fully saturated rings. The Kier molecular flexibility index (Phi) is 4.30. The SMILES string of the molecule is Cc1cc(NC(=O)N2C[C@@H](O)[C@H](n3ccnn3)C2)c(N(C)C)nn1. The Labute approximate surface area is 139 Å². The van der Waals surface area contributed by atoms with Gasteiger partial charge in [-0.25, -0.2) is 9.48 Å². The van der Waals surface area contributed by atoms with Crippen molar-refractivity contribution in [2.24, 2.45) is 0 Å². The minimum absolute atomic E-state index is 0.227. The van der Waals surface area contributed by atoms with Crippen molar-refractivity contribution in [3.05, 3.63) is 24.2 Å². The highest BCUT2D eigenvalue weighted by Gasteiger charge is 2.36. The van der Waals surface area contributed by atoms with E-state index in [1.165, 1.54) is 0 Å². The highest BCUT2D eigenvalue weighted by atomic mass is 16.3. The van der Waals surface area contributed by atoms with Crippen LogP contribution in [0, 0.1) is 6.92 Å². The van der Waals surface area contributed by atoms with E-state index in [4.69, 9.17) is 0 Å². The van der Waals surface area contributed by atoms with Gasteiger partial charge < -0.3 is 20.2 Å². The van der Waals surface area contributed by atoms with Crippen molar-refractivity contribution in [3.8, 4) is 0 Å². The topological polar surface area (TPSA) is 112 Å². The van der Waals surface area contributed by atoms with Gasteiger partial charge in [-0.05, 0) is 13.0 Å². The van der Waals surface area contributed by atoms with Crippen LogP contribution in [0.5, 0.6) is 0 Å². The van der Waals surface area contributed by atoms with E-state index in [0.717, 1.165) is 0 Å². The largest absolute Gasteiger partial charge is 0.389 e. The molecule has 0 aromatic carbocycles. The summed E-state index contributed by atoms with van der Waals surface area (Å²) in [5.74, 6) is 0.571. The number of carbonyl (C=O) groups excluding carboxylic acids is 1. The molecule has 2 atom stereocenters.